The fraction of sp³-hybridized carbons (Fsp3) is 1.00. The van der Waals surface area contributed by atoms with Gasteiger partial charge in [0.2, 0.25) is 0 Å². The van der Waals surface area contributed by atoms with Crippen molar-refractivity contribution in [2.24, 2.45) is 5.41 Å². The van der Waals surface area contributed by atoms with Crippen LogP contribution >= 0.6 is 0 Å². The van der Waals surface area contributed by atoms with E-state index in [1.165, 1.54) is 19.3 Å². The van der Waals surface area contributed by atoms with E-state index in [0.29, 0.717) is 11.0 Å². The van der Waals surface area contributed by atoms with Gasteiger partial charge in [0, 0.05) is 5.54 Å². The number of rotatable bonds is 5. The van der Waals surface area contributed by atoms with Crippen molar-refractivity contribution in [3.63, 3.8) is 0 Å². The van der Waals surface area contributed by atoms with Crippen LogP contribution in [0.1, 0.15) is 60.8 Å². The maximum Gasteiger partial charge on any atom is 0.0155 e. The third kappa shape index (κ3) is 6.09. The van der Waals surface area contributed by atoms with E-state index in [1.54, 1.807) is 0 Å². The minimum atomic E-state index is 0.328. The minimum Gasteiger partial charge on any atom is -0.312 e. The highest BCUT2D eigenvalue weighted by Gasteiger charge is 2.27. The number of nitrogens with one attached hydrogen (secondary N) is 1. The molecular weight excluding hydrogens is 158 g/mol. The van der Waals surface area contributed by atoms with Crippen LogP contribution in [0, 0.1) is 5.41 Å². The molecule has 0 aliphatic carbocycles. The van der Waals surface area contributed by atoms with Crippen LogP contribution in [0.5, 0.6) is 0 Å². The highest BCUT2D eigenvalue weighted by Crippen LogP contribution is 2.29. The largest absolute Gasteiger partial charge is 0.312 e. The third-order valence-corrected chi connectivity index (χ3v) is 2.50. The smallest absolute Gasteiger partial charge is 0.0155 e. The van der Waals surface area contributed by atoms with Crippen molar-refractivity contribution in [1.82, 2.24) is 5.32 Å². The van der Waals surface area contributed by atoms with E-state index < -0.39 is 0 Å². The van der Waals surface area contributed by atoms with Crippen LogP contribution in [0.4, 0.5) is 0 Å². The molecule has 0 saturated carbocycles. The molecule has 0 spiro atoms. The predicted molar refractivity (Wildman–Crippen MR) is 61.1 cm³/mol. The SMILES string of the molecule is CCCNC(C)(CC)CC(C)(C)C. The van der Waals surface area contributed by atoms with Gasteiger partial charge in [0.25, 0.3) is 0 Å². The van der Waals surface area contributed by atoms with Gasteiger partial charge in [0.05, 0.1) is 0 Å². The molecule has 0 aliphatic heterocycles. The molecule has 80 valence electrons. The normalized spacial score (nSPS) is 17.1. The number of hydrogen-bond acceptors (Lipinski definition) is 1. The Morgan fingerprint density at radius 3 is 1.85 bits per heavy atom. The van der Waals surface area contributed by atoms with Gasteiger partial charge in [0.15, 0.2) is 0 Å². The second kappa shape index (κ2) is 4.99. The first-order valence-electron chi connectivity index (χ1n) is 5.58. The lowest BCUT2D eigenvalue weighted by atomic mass is 9.79. The van der Waals surface area contributed by atoms with Gasteiger partial charge in [-0.05, 0) is 38.1 Å². The Morgan fingerprint density at radius 2 is 1.54 bits per heavy atom. The van der Waals surface area contributed by atoms with E-state index in [1.807, 2.05) is 0 Å². The molecule has 0 amide bonds. The first kappa shape index (κ1) is 13.0. The second-order valence-corrected chi connectivity index (χ2v) is 5.58. The van der Waals surface area contributed by atoms with Gasteiger partial charge in [-0.1, -0.05) is 34.6 Å². The molecule has 0 saturated heterocycles. The summed E-state index contributed by atoms with van der Waals surface area (Å²) in [5.74, 6) is 0. The average molecular weight is 185 g/mol. The summed E-state index contributed by atoms with van der Waals surface area (Å²) < 4.78 is 0. The van der Waals surface area contributed by atoms with Gasteiger partial charge in [0.1, 0.15) is 0 Å². The Kier molecular flexibility index (Phi) is 4.98. The molecule has 1 N–H and O–H groups in total. The summed E-state index contributed by atoms with van der Waals surface area (Å²) in [5.41, 5.74) is 0.750. The molecule has 1 unspecified atom stereocenters. The van der Waals surface area contributed by atoms with Crippen LogP contribution in [-0.2, 0) is 0 Å². The zero-order chi connectivity index (χ0) is 10.5. The minimum absolute atomic E-state index is 0.328. The highest BCUT2D eigenvalue weighted by molar-refractivity contribution is 4.86. The van der Waals surface area contributed by atoms with E-state index in [0.717, 1.165) is 6.54 Å². The van der Waals surface area contributed by atoms with Crippen molar-refractivity contribution in [3.05, 3.63) is 0 Å². The standard InChI is InChI=1S/C12H27N/c1-7-9-13-12(6,8-2)10-11(3,4)5/h13H,7-10H2,1-6H3. The van der Waals surface area contributed by atoms with Gasteiger partial charge in [-0.25, -0.2) is 0 Å². The average Bonchev–Trinajstić information content (AvgIpc) is 1.98. The fourth-order valence-corrected chi connectivity index (χ4v) is 1.91. The van der Waals surface area contributed by atoms with Crippen LogP contribution in [-0.4, -0.2) is 12.1 Å². The summed E-state index contributed by atoms with van der Waals surface area (Å²) in [6.07, 6.45) is 3.68. The van der Waals surface area contributed by atoms with Gasteiger partial charge >= 0.3 is 0 Å². The monoisotopic (exact) mass is 185 g/mol. The fourth-order valence-electron chi connectivity index (χ4n) is 1.91. The molecule has 0 aromatic rings. The van der Waals surface area contributed by atoms with Crippen molar-refractivity contribution < 1.29 is 0 Å². The van der Waals surface area contributed by atoms with Gasteiger partial charge in [-0.3, -0.25) is 0 Å². The molecule has 1 atom stereocenters. The van der Waals surface area contributed by atoms with Crippen LogP contribution in [0.3, 0.4) is 0 Å². The summed E-state index contributed by atoms with van der Waals surface area (Å²) in [6, 6.07) is 0. The van der Waals surface area contributed by atoms with Gasteiger partial charge in [-0.15, -0.1) is 0 Å². The molecule has 0 heterocycles. The van der Waals surface area contributed by atoms with E-state index in [-0.39, 0.29) is 0 Å². The van der Waals surface area contributed by atoms with Crippen molar-refractivity contribution in [3.8, 4) is 0 Å². The molecule has 13 heavy (non-hydrogen) atoms. The lowest BCUT2D eigenvalue weighted by Gasteiger charge is -2.36. The molecule has 0 aliphatic rings. The predicted octanol–water partition coefficient (Wildman–Crippen LogP) is 3.59. The first-order valence-corrected chi connectivity index (χ1v) is 5.58. The summed E-state index contributed by atoms with van der Waals surface area (Å²) in [4.78, 5) is 0. The Labute approximate surface area is 84.3 Å². The molecule has 1 nitrogen and oxygen atoms in total. The Bertz CT molecular complexity index is 135. The Morgan fingerprint density at radius 1 is 1.00 bits per heavy atom. The number of hydrogen-bond donors (Lipinski definition) is 1. The Balaban J connectivity index is 4.11. The summed E-state index contributed by atoms with van der Waals surface area (Å²) in [5, 5.41) is 3.65. The van der Waals surface area contributed by atoms with Gasteiger partial charge < -0.3 is 5.32 Å². The lowest BCUT2D eigenvalue weighted by molar-refractivity contribution is 0.219. The highest BCUT2D eigenvalue weighted by atomic mass is 15.0. The molecule has 1 heteroatoms. The molecule has 0 radical (unpaired) electrons. The quantitative estimate of drug-likeness (QED) is 0.690. The van der Waals surface area contributed by atoms with Gasteiger partial charge in [-0.2, -0.15) is 0 Å². The first-order chi connectivity index (χ1) is 5.83. The summed E-state index contributed by atoms with van der Waals surface area (Å²) in [6.45, 7) is 14.9. The molecule has 0 fully saturated rings. The van der Waals surface area contributed by atoms with Crippen LogP contribution in [0.2, 0.25) is 0 Å². The topological polar surface area (TPSA) is 12.0 Å². The van der Waals surface area contributed by atoms with Crippen molar-refractivity contribution >= 4 is 0 Å². The zero-order valence-electron chi connectivity index (χ0n) is 10.3. The second-order valence-electron chi connectivity index (χ2n) is 5.58. The van der Waals surface area contributed by atoms with Crippen LogP contribution < -0.4 is 5.32 Å². The lowest BCUT2D eigenvalue weighted by Crippen LogP contribution is -2.44. The van der Waals surface area contributed by atoms with Crippen LogP contribution in [0.15, 0.2) is 0 Å². The van der Waals surface area contributed by atoms with E-state index in [4.69, 9.17) is 0 Å². The van der Waals surface area contributed by atoms with Crippen molar-refractivity contribution in [1.29, 1.82) is 0 Å². The molecule has 0 bridgehead atoms. The van der Waals surface area contributed by atoms with Crippen molar-refractivity contribution in [2.75, 3.05) is 6.54 Å². The third-order valence-electron chi connectivity index (χ3n) is 2.50. The molecule has 0 aromatic heterocycles. The van der Waals surface area contributed by atoms with E-state index >= 15 is 0 Å². The van der Waals surface area contributed by atoms with E-state index in [2.05, 4.69) is 46.9 Å². The van der Waals surface area contributed by atoms with Crippen LogP contribution in [0.25, 0.3) is 0 Å². The maximum atomic E-state index is 3.65. The Hall–Kier alpha value is -0.0400. The molecule has 0 aromatic carbocycles. The molecule has 0 rings (SSSR count). The van der Waals surface area contributed by atoms with E-state index in [9.17, 15) is 0 Å². The van der Waals surface area contributed by atoms with Crippen molar-refractivity contribution in [2.45, 2.75) is 66.3 Å². The zero-order valence-corrected chi connectivity index (χ0v) is 10.3. The maximum absolute atomic E-state index is 3.65. The summed E-state index contributed by atoms with van der Waals surface area (Å²) >= 11 is 0. The molecular formula is C12H27N. The summed E-state index contributed by atoms with van der Waals surface area (Å²) in [7, 11) is 0.